The van der Waals surface area contributed by atoms with E-state index in [0.717, 1.165) is 37.5 Å². The molecule has 4 nitrogen and oxygen atoms in total. The molecule has 0 spiro atoms. The molecule has 1 aliphatic heterocycles. The van der Waals surface area contributed by atoms with Crippen LogP contribution in [0, 0.1) is 0 Å². The van der Waals surface area contributed by atoms with Gasteiger partial charge in [0.05, 0.1) is 13.2 Å². The second-order valence-corrected chi connectivity index (χ2v) is 5.14. The first-order chi connectivity index (χ1) is 9.74. The summed E-state index contributed by atoms with van der Waals surface area (Å²) in [5.41, 5.74) is 1.20. The maximum absolute atomic E-state index is 5.84. The minimum absolute atomic E-state index is 0.222. The van der Waals surface area contributed by atoms with Crippen LogP contribution in [0.4, 0.5) is 0 Å². The summed E-state index contributed by atoms with van der Waals surface area (Å²) in [5.74, 6) is 1.57. The zero-order valence-electron chi connectivity index (χ0n) is 12.6. The Kier molecular flexibility index (Phi) is 5.68. The average Bonchev–Trinajstić information content (AvgIpc) is 2.98. The Balaban J connectivity index is 2.01. The van der Waals surface area contributed by atoms with Gasteiger partial charge in [0.2, 0.25) is 0 Å². The van der Waals surface area contributed by atoms with Gasteiger partial charge in [-0.3, -0.25) is 0 Å². The van der Waals surface area contributed by atoms with Crippen LogP contribution < -0.4 is 14.8 Å². The number of hydrogen-bond acceptors (Lipinski definition) is 4. The Labute approximate surface area is 121 Å². The summed E-state index contributed by atoms with van der Waals surface area (Å²) >= 11 is 0. The highest BCUT2D eigenvalue weighted by Gasteiger charge is 2.17. The third kappa shape index (κ3) is 3.87. The summed E-state index contributed by atoms with van der Waals surface area (Å²) < 4.78 is 16.8. The van der Waals surface area contributed by atoms with Gasteiger partial charge in [0.25, 0.3) is 0 Å². The molecule has 112 valence electrons. The van der Waals surface area contributed by atoms with Gasteiger partial charge in [-0.05, 0) is 44.0 Å². The van der Waals surface area contributed by atoms with Gasteiger partial charge in [0.15, 0.2) is 11.5 Å². The molecular formula is C16H25NO3. The van der Waals surface area contributed by atoms with Crippen molar-refractivity contribution in [3.63, 3.8) is 0 Å². The molecule has 20 heavy (non-hydrogen) atoms. The fraction of sp³-hybridized carbons (Fsp3) is 0.625. The van der Waals surface area contributed by atoms with E-state index in [0.29, 0.717) is 12.6 Å². The lowest BCUT2D eigenvalue weighted by molar-refractivity contribution is 0.0669. The first kappa shape index (κ1) is 15.1. The standard InChI is InChI=1S/C16H25NO3/c1-4-17-12(2)13-7-8-15(16(10-13)18-3)20-11-14-6-5-9-19-14/h7-8,10,12,14,17H,4-6,9,11H2,1-3H3. The summed E-state index contributed by atoms with van der Waals surface area (Å²) in [5, 5.41) is 3.39. The molecule has 0 radical (unpaired) electrons. The summed E-state index contributed by atoms with van der Waals surface area (Å²) in [4.78, 5) is 0. The smallest absolute Gasteiger partial charge is 0.161 e. The van der Waals surface area contributed by atoms with Gasteiger partial charge >= 0.3 is 0 Å². The predicted molar refractivity (Wildman–Crippen MR) is 79.6 cm³/mol. The average molecular weight is 279 g/mol. The normalized spacial score (nSPS) is 19.9. The number of ether oxygens (including phenoxy) is 3. The fourth-order valence-corrected chi connectivity index (χ4v) is 2.46. The SMILES string of the molecule is CCNC(C)c1ccc(OCC2CCCO2)c(OC)c1. The van der Waals surface area contributed by atoms with Gasteiger partial charge in [0.1, 0.15) is 6.61 Å². The lowest BCUT2D eigenvalue weighted by Crippen LogP contribution is -2.18. The number of benzene rings is 1. The molecule has 2 unspecified atom stereocenters. The van der Waals surface area contributed by atoms with E-state index in [4.69, 9.17) is 14.2 Å². The first-order valence-electron chi connectivity index (χ1n) is 7.40. The van der Waals surface area contributed by atoms with Crippen molar-refractivity contribution in [2.45, 2.75) is 38.8 Å². The molecule has 1 aromatic carbocycles. The molecule has 1 fully saturated rings. The van der Waals surface area contributed by atoms with Crippen LogP contribution in [0.5, 0.6) is 11.5 Å². The van der Waals surface area contributed by atoms with Crippen molar-refractivity contribution in [1.82, 2.24) is 5.32 Å². The number of hydrogen-bond donors (Lipinski definition) is 1. The quantitative estimate of drug-likeness (QED) is 0.833. The van der Waals surface area contributed by atoms with Gasteiger partial charge in [-0.1, -0.05) is 13.0 Å². The van der Waals surface area contributed by atoms with Crippen molar-refractivity contribution in [1.29, 1.82) is 0 Å². The van der Waals surface area contributed by atoms with Crippen molar-refractivity contribution in [2.24, 2.45) is 0 Å². The summed E-state index contributed by atoms with van der Waals surface area (Å²) in [6.45, 7) is 6.64. The molecule has 0 saturated carbocycles. The highest BCUT2D eigenvalue weighted by atomic mass is 16.5. The van der Waals surface area contributed by atoms with Crippen molar-refractivity contribution < 1.29 is 14.2 Å². The minimum atomic E-state index is 0.222. The monoisotopic (exact) mass is 279 g/mol. The van der Waals surface area contributed by atoms with E-state index in [1.807, 2.05) is 12.1 Å². The topological polar surface area (TPSA) is 39.7 Å². The number of rotatable bonds is 7. The van der Waals surface area contributed by atoms with Gasteiger partial charge in [-0.25, -0.2) is 0 Å². The van der Waals surface area contributed by atoms with Crippen molar-refractivity contribution in [3.8, 4) is 11.5 Å². The van der Waals surface area contributed by atoms with Crippen LogP contribution in [0.15, 0.2) is 18.2 Å². The first-order valence-corrected chi connectivity index (χ1v) is 7.40. The Bertz CT molecular complexity index is 416. The van der Waals surface area contributed by atoms with Crippen molar-refractivity contribution in [2.75, 3.05) is 26.9 Å². The van der Waals surface area contributed by atoms with Crippen LogP contribution in [0.3, 0.4) is 0 Å². The molecule has 1 aliphatic rings. The fourth-order valence-electron chi connectivity index (χ4n) is 2.46. The summed E-state index contributed by atoms with van der Waals surface area (Å²) in [6.07, 6.45) is 2.43. The van der Waals surface area contributed by atoms with Crippen LogP contribution in [-0.2, 0) is 4.74 Å². The molecule has 1 heterocycles. The molecule has 1 saturated heterocycles. The predicted octanol–water partition coefficient (Wildman–Crippen LogP) is 2.92. The summed E-state index contributed by atoms with van der Waals surface area (Å²) in [7, 11) is 1.68. The minimum Gasteiger partial charge on any atom is -0.493 e. The van der Waals surface area contributed by atoms with Gasteiger partial charge in [-0.2, -0.15) is 0 Å². The van der Waals surface area contributed by atoms with Crippen LogP contribution in [0.2, 0.25) is 0 Å². The largest absolute Gasteiger partial charge is 0.493 e. The third-order valence-corrected chi connectivity index (χ3v) is 3.65. The number of nitrogens with one attached hydrogen (secondary N) is 1. The molecule has 1 aromatic rings. The Morgan fingerprint density at radius 3 is 2.90 bits per heavy atom. The highest BCUT2D eigenvalue weighted by Crippen LogP contribution is 2.30. The van der Waals surface area contributed by atoms with Crippen LogP contribution in [0.1, 0.15) is 38.3 Å². The molecule has 0 amide bonds. The van der Waals surface area contributed by atoms with Gasteiger partial charge in [-0.15, -0.1) is 0 Å². The van der Waals surface area contributed by atoms with Gasteiger partial charge < -0.3 is 19.5 Å². The van der Waals surface area contributed by atoms with Crippen LogP contribution in [0.25, 0.3) is 0 Å². The second kappa shape index (κ2) is 7.50. The van der Waals surface area contributed by atoms with Crippen LogP contribution in [-0.4, -0.2) is 33.0 Å². The molecule has 0 aromatic heterocycles. The Morgan fingerprint density at radius 1 is 1.40 bits per heavy atom. The Morgan fingerprint density at radius 2 is 2.25 bits per heavy atom. The van der Waals surface area contributed by atoms with E-state index in [1.165, 1.54) is 5.56 Å². The molecule has 1 N–H and O–H groups in total. The summed E-state index contributed by atoms with van der Waals surface area (Å²) in [6, 6.07) is 6.41. The van der Waals surface area contributed by atoms with Gasteiger partial charge in [0, 0.05) is 12.6 Å². The maximum atomic E-state index is 5.84. The van der Waals surface area contributed by atoms with Crippen molar-refractivity contribution >= 4 is 0 Å². The Hall–Kier alpha value is -1.26. The lowest BCUT2D eigenvalue weighted by Gasteiger charge is -2.17. The number of methoxy groups -OCH3 is 1. The zero-order chi connectivity index (χ0) is 14.4. The highest BCUT2D eigenvalue weighted by molar-refractivity contribution is 5.43. The zero-order valence-corrected chi connectivity index (χ0v) is 12.6. The van der Waals surface area contributed by atoms with Crippen LogP contribution >= 0.6 is 0 Å². The molecular weight excluding hydrogens is 254 g/mol. The van der Waals surface area contributed by atoms with E-state index < -0.39 is 0 Å². The van der Waals surface area contributed by atoms with E-state index in [2.05, 4.69) is 25.2 Å². The lowest BCUT2D eigenvalue weighted by atomic mass is 10.1. The maximum Gasteiger partial charge on any atom is 0.161 e. The molecule has 0 bridgehead atoms. The third-order valence-electron chi connectivity index (χ3n) is 3.65. The van der Waals surface area contributed by atoms with E-state index in [-0.39, 0.29) is 6.10 Å². The van der Waals surface area contributed by atoms with E-state index in [9.17, 15) is 0 Å². The molecule has 4 heteroatoms. The van der Waals surface area contributed by atoms with E-state index in [1.54, 1.807) is 7.11 Å². The molecule has 2 atom stereocenters. The van der Waals surface area contributed by atoms with Crippen molar-refractivity contribution in [3.05, 3.63) is 23.8 Å². The molecule has 0 aliphatic carbocycles. The molecule has 2 rings (SSSR count). The van der Waals surface area contributed by atoms with E-state index >= 15 is 0 Å². The second-order valence-electron chi connectivity index (χ2n) is 5.14.